The summed E-state index contributed by atoms with van der Waals surface area (Å²) < 4.78 is 6.06. The quantitative estimate of drug-likeness (QED) is 0.0460. The highest BCUT2D eigenvalue weighted by atomic mass is 16.6. The standard InChI is InChI=1S/C55H100N4O4/c1-7-8-9-10-11-12-13-14-15-16-17-18-19-20-21-28-52(61)59(42-51(60)57-39-25-37-56)40-23-22-38-58-53(62)63-46-33-35-54(5)45(41-46)29-30-47-49-32-31-48(44(4)27-24-26-43(2)3)55(49,6)36-34-50(47)54/h29,43-44,46-50H,7-28,30-42,56H2,1-6H3,(H,57,60)(H,58,62)/t44-,46+,47+,48-,49+,50+,54+,55-/m1/s1. The Balaban J connectivity index is 1.12. The Bertz CT molecular complexity index is 1350. The van der Waals surface area contributed by atoms with Gasteiger partial charge in [-0.1, -0.05) is 162 Å². The maximum absolute atomic E-state index is 13.3. The summed E-state index contributed by atoms with van der Waals surface area (Å²) in [5.74, 6) is 4.85. The molecule has 0 saturated heterocycles. The van der Waals surface area contributed by atoms with Crippen molar-refractivity contribution in [2.75, 3.05) is 32.7 Å². The van der Waals surface area contributed by atoms with Gasteiger partial charge in [-0.05, 0) is 124 Å². The van der Waals surface area contributed by atoms with Crippen molar-refractivity contribution in [3.05, 3.63) is 11.6 Å². The molecule has 364 valence electrons. The third kappa shape index (κ3) is 17.3. The number of fused-ring (bicyclic) bond motifs is 5. The highest BCUT2D eigenvalue weighted by Crippen LogP contribution is 2.67. The van der Waals surface area contributed by atoms with E-state index >= 15 is 0 Å². The summed E-state index contributed by atoms with van der Waals surface area (Å²) in [5.41, 5.74) is 7.90. The fourth-order valence-electron chi connectivity index (χ4n) is 13.2. The number of unbranched alkanes of at least 4 members (excludes halogenated alkanes) is 15. The molecule has 4 aliphatic rings. The first-order chi connectivity index (χ1) is 30.4. The monoisotopic (exact) mass is 881 g/mol. The van der Waals surface area contributed by atoms with Gasteiger partial charge < -0.3 is 26.0 Å². The number of carbonyl (C=O) groups is 3. The zero-order chi connectivity index (χ0) is 45.5. The van der Waals surface area contributed by atoms with E-state index < -0.39 is 0 Å². The summed E-state index contributed by atoms with van der Waals surface area (Å²) in [6.07, 6.45) is 38.1. The van der Waals surface area contributed by atoms with Crippen LogP contribution in [-0.2, 0) is 14.3 Å². The van der Waals surface area contributed by atoms with Crippen molar-refractivity contribution in [3.63, 3.8) is 0 Å². The third-order valence-electron chi connectivity index (χ3n) is 17.0. The van der Waals surface area contributed by atoms with E-state index in [4.69, 9.17) is 10.5 Å². The lowest BCUT2D eigenvalue weighted by Crippen LogP contribution is -2.51. The Morgan fingerprint density at radius 1 is 0.746 bits per heavy atom. The molecule has 8 heteroatoms. The molecule has 0 spiro atoms. The van der Waals surface area contributed by atoms with Crippen LogP contribution in [0.5, 0.6) is 0 Å². The number of rotatable bonds is 32. The highest BCUT2D eigenvalue weighted by Gasteiger charge is 2.59. The SMILES string of the molecule is CCCCCCCCCCCCCCCCCC(=O)N(CCCCNC(=O)O[C@H]1CC[C@@]2(C)C(=CC[C@H]3[C@@H]4CC[C@H]([C@H](C)CCCC(C)C)[C@@]4(C)CC[C@@H]32)C1)CC(=O)NCCCN. The molecule has 63 heavy (non-hydrogen) atoms. The van der Waals surface area contributed by atoms with E-state index in [-0.39, 0.29) is 36.0 Å². The summed E-state index contributed by atoms with van der Waals surface area (Å²) in [4.78, 5) is 40.8. The Hall–Kier alpha value is -2.09. The molecule has 0 bridgehead atoms. The number of alkyl carbamates (subject to hydrolysis) is 1. The average Bonchev–Trinajstić information content (AvgIpc) is 3.61. The predicted octanol–water partition coefficient (Wildman–Crippen LogP) is 13.5. The molecule has 0 aromatic rings. The lowest BCUT2D eigenvalue weighted by Gasteiger charge is -2.58. The molecule has 0 unspecified atom stereocenters. The first kappa shape index (κ1) is 53.5. The van der Waals surface area contributed by atoms with Crippen LogP contribution in [0.4, 0.5) is 4.79 Å². The molecule has 4 aliphatic carbocycles. The van der Waals surface area contributed by atoms with Crippen LogP contribution in [0.3, 0.4) is 0 Å². The van der Waals surface area contributed by atoms with Crippen LogP contribution in [0.25, 0.3) is 0 Å². The Labute approximate surface area is 388 Å². The van der Waals surface area contributed by atoms with E-state index in [2.05, 4.69) is 58.3 Å². The van der Waals surface area contributed by atoms with Crippen LogP contribution in [0, 0.1) is 46.3 Å². The van der Waals surface area contributed by atoms with Crippen LogP contribution in [-0.4, -0.2) is 61.6 Å². The van der Waals surface area contributed by atoms with Crippen molar-refractivity contribution in [2.24, 2.45) is 52.1 Å². The van der Waals surface area contributed by atoms with Crippen LogP contribution in [0.15, 0.2) is 11.6 Å². The Kier molecular flexibility index (Phi) is 24.5. The number of nitrogens with two attached hydrogens (primary N) is 1. The number of hydrogen-bond acceptors (Lipinski definition) is 5. The van der Waals surface area contributed by atoms with E-state index in [1.165, 1.54) is 135 Å². The van der Waals surface area contributed by atoms with E-state index in [0.29, 0.717) is 38.0 Å². The Morgan fingerprint density at radius 2 is 1.40 bits per heavy atom. The van der Waals surface area contributed by atoms with Crippen molar-refractivity contribution >= 4 is 17.9 Å². The van der Waals surface area contributed by atoms with Crippen molar-refractivity contribution in [1.82, 2.24) is 15.5 Å². The molecular formula is C55H100N4O4. The molecule has 0 radical (unpaired) electrons. The molecule has 0 aromatic heterocycles. The number of carbonyl (C=O) groups excluding carboxylic acids is 3. The summed E-state index contributed by atoms with van der Waals surface area (Å²) in [5, 5.41) is 5.92. The molecule has 8 atom stereocenters. The van der Waals surface area contributed by atoms with E-state index in [1.807, 2.05) is 0 Å². The molecular weight excluding hydrogens is 781 g/mol. The maximum atomic E-state index is 13.3. The van der Waals surface area contributed by atoms with E-state index in [0.717, 1.165) is 86.9 Å². The fraction of sp³-hybridized carbons (Fsp3) is 0.909. The second-order valence-corrected chi connectivity index (χ2v) is 22.2. The normalized spacial score (nSPS) is 26.9. The zero-order valence-electron chi connectivity index (χ0n) is 42.0. The van der Waals surface area contributed by atoms with Crippen molar-refractivity contribution in [2.45, 2.75) is 240 Å². The summed E-state index contributed by atoms with van der Waals surface area (Å²) >= 11 is 0. The van der Waals surface area contributed by atoms with Gasteiger partial charge in [0.1, 0.15) is 6.10 Å². The van der Waals surface area contributed by atoms with Crippen LogP contribution >= 0.6 is 0 Å². The number of hydrogen-bond donors (Lipinski definition) is 3. The van der Waals surface area contributed by atoms with Gasteiger partial charge in [-0.25, -0.2) is 4.79 Å². The molecule has 8 nitrogen and oxygen atoms in total. The number of nitrogens with one attached hydrogen (secondary N) is 2. The third-order valence-corrected chi connectivity index (χ3v) is 17.0. The molecule has 4 rings (SSSR count). The Morgan fingerprint density at radius 3 is 2.05 bits per heavy atom. The van der Waals surface area contributed by atoms with Gasteiger partial charge in [0.2, 0.25) is 11.8 Å². The van der Waals surface area contributed by atoms with Crippen LogP contribution in [0.2, 0.25) is 0 Å². The fourth-order valence-corrected chi connectivity index (χ4v) is 13.2. The number of nitrogens with zero attached hydrogens (tertiary/aromatic N) is 1. The number of ether oxygens (including phenoxy) is 1. The molecule has 0 aromatic carbocycles. The average molecular weight is 881 g/mol. The molecule has 4 N–H and O–H groups in total. The van der Waals surface area contributed by atoms with Crippen molar-refractivity contribution in [3.8, 4) is 0 Å². The lowest BCUT2D eigenvalue weighted by atomic mass is 9.47. The molecule has 0 heterocycles. The minimum absolute atomic E-state index is 0.0514. The topological polar surface area (TPSA) is 114 Å². The highest BCUT2D eigenvalue weighted by molar-refractivity contribution is 5.84. The summed E-state index contributed by atoms with van der Waals surface area (Å²) in [6.45, 7) is 16.9. The summed E-state index contributed by atoms with van der Waals surface area (Å²) in [6, 6.07) is 0. The smallest absolute Gasteiger partial charge is 0.407 e. The van der Waals surface area contributed by atoms with Gasteiger partial charge in [-0.2, -0.15) is 0 Å². The van der Waals surface area contributed by atoms with Gasteiger partial charge in [0.25, 0.3) is 0 Å². The lowest BCUT2D eigenvalue weighted by molar-refractivity contribution is -0.136. The van der Waals surface area contributed by atoms with Crippen LogP contribution in [0.1, 0.15) is 234 Å². The second kappa shape index (κ2) is 28.8. The molecule has 3 fully saturated rings. The predicted molar refractivity (Wildman–Crippen MR) is 263 cm³/mol. The van der Waals surface area contributed by atoms with Gasteiger partial charge >= 0.3 is 6.09 Å². The second-order valence-electron chi connectivity index (χ2n) is 22.2. The maximum Gasteiger partial charge on any atom is 0.407 e. The van der Waals surface area contributed by atoms with Crippen molar-refractivity contribution in [1.29, 1.82) is 0 Å². The van der Waals surface area contributed by atoms with E-state index in [9.17, 15) is 14.4 Å². The van der Waals surface area contributed by atoms with Gasteiger partial charge in [-0.3, -0.25) is 9.59 Å². The first-order valence-corrected chi connectivity index (χ1v) is 27.3. The number of allylic oxidation sites excluding steroid dienone is 1. The van der Waals surface area contributed by atoms with E-state index in [1.54, 1.807) is 10.5 Å². The number of amides is 3. The molecule has 3 amide bonds. The minimum atomic E-state index is -0.328. The van der Waals surface area contributed by atoms with Gasteiger partial charge in [0.05, 0.1) is 6.54 Å². The van der Waals surface area contributed by atoms with Gasteiger partial charge in [-0.15, -0.1) is 0 Å². The molecule has 0 aliphatic heterocycles. The van der Waals surface area contributed by atoms with Gasteiger partial charge in [0.15, 0.2) is 0 Å². The molecule has 3 saturated carbocycles. The van der Waals surface area contributed by atoms with Crippen molar-refractivity contribution < 1.29 is 19.1 Å². The van der Waals surface area contributed by atoms with Crippen LogP contribution < -0.4 is 16.4 Å². The van der Waals surface area contributed by atoms with Gasteiger partial charge in [0, 0.05) is 32.5 Å². The summed E-state index contributed by atoms with van der Waals surface area (Å²) in [7, 11) is 0. The zero-order valence-corrected chi connectivity index (χ0v) is 42.0. The minimum Gasteiger partial charge on any atom is -0.446 e. The first-order valence-electron chi connectivity index (χ1n) is 27.3. The largest absolute Gasteiger partial charge is 0.446 e.